The molecule has 1 N–H and O–H groups in total. The van der Waals surface area contributed by atoms with Gasteiger partial charge >= 0.3 is 0 Å². The second-order valence-electron chi connectivity index (χ2n) is 4.64. The molecule has 0 fully saturated rings. The highest BCUT2D eigenvalue weighted by Gasteiger charge is 2.14. The quantitative estimate of drug-likeness (QED) is 0.828. The molecule has 0 aliphatic rings. The zero-order chi connectivity index (χ0) is 16.2. The van der Waals surface area contributed by atoms with Gasteiger partial charge in [0.15, 0.2) is 0 Å². The maximum Gasteiger partial charge on any atom is 0.261 e. The maximum atomic E-state index is 12.3. The average Bonchev–Trinajstić information content (AvgIpc) is 2.50. The molecule has 0 unspecified atom stereocenters. The van der Waals surface area contributed by atoms with Gasteiger partial charge < -0.3 is 4.90 Å². The summed E-state index contributed by atoms with van der Waals surface area (Å²) in [4.78, 5) is 6.61. The molecule has 0 bridgehead atoms. The van der Waals surface area contributed by atoms with Crippen LogP contribution < -0.4 is 9.62 Å². The van der Waals surface area contributed by atoms with Crippen molar-refractivity contribution in [3.8, 4) is 0 Å². The van der Waals surface area contributed by atoms with E-state index in [9.17, 15) is 8.42 Å². The molecule has 0 atom stereocenters. The highest BCUT2D eigenvalue weighted by Crippen LogP contribution is 2.19. The summed E-state index contributed by atoms with van der Waals surface area (Å²) in [7, 11) is -3.60. The molecule has 1 aromatic heterocycles. The standard InChI is InChI=1S/C15H18BrN3O2S/c1-3-19(4-2)15-10-7-13(11-17-15)18-22(20,21)14-8-5-12(16)6-9-14/h5-11,18H,3-4H2,1-2H3. The van der Waals surface area contributed by atoms with Crippen molar-refractivity contribution in [2.45, 2.75) is 18.7 Å². The second kappa shape index (κ2) is 7.11. The summed E-state index contributed by atoms with van der Waals surface area (Å²) in [6.07, 6.45) is 1.53. The Morgan fingerprint density at radius 1 is 1.09 bits per heavy atom. The molecule has 2 rings (SSSR count). The normalized spacial score (nSPS) is 11.2. The Bertz CT molecular complexity index is 711. The molecule has 0 spiro atoms. The molecule has 1 aromatic carbocycles. The van der Waals surface area contributed by atoms with Crippen LogP contribution in [0.5, 0.6) is 0 Å². The first-order valence-electron chi connectivity index (χ1n) is 6.95. The number of aromatic nitrogens is 1. The molecule has 0 saturated heterocycles. The summed E-state index contributed by atoms with van der Waals surface area (Å²) in [6.45, 7) is 5.81. The van der Waals surface area contributed by atoms with Crippen molar-refractivity contribution in [2.75, 3.05) is 22.7 Å². The lowest BCUT2D eigenvalue weighted by atomic mass is 10.4. The molecule has 0 saturated carbocycles. The van der Waals surface area contributed by atoms with Gasteiger partial charge in [0, 0.05) is 17.6 Å². The van der Waals surface area contributed by atoms with Crippen LogP contribution in [0.3, 0.4) is 0 Å². The second-order valence-corrected chi connectivity index (χ2v) is 7.23. The molecule has 118 valence electrons. The van der Waals surface area contributed by atoms with Crippen molar-refractivity contribution in [2.24, 2.45) is 0 Å². The molecular formula is C15H18BrN3O2S. The highest BCUT2D eigenvalue weighted by molar-refractivity contribution is 9.10. The Morgan fingerprint density at radius 2 is 1.73 bits per heavy atom. The van der Waals surface area contributed by atoms with Gasteiger partial charge in [0.05, 0.1) is 16.8 Å². The van der Waals surface area contributed by atoms with E-state index < -0.39 is 10.0 Å². The Balaban J connectivity index is 2.18. The lowest BCUT2D eigenvalue weighted by Crippen LogP contribution is -2.22. The fourth-order valence-electron chi connectivity index (χ4n) is 2.01. The third kappa shape index (κ3) is 3.98. The van der Waals surface area contributed by atoms with Crippen molar-refractivity contribution >= 4 is 37.5 Å². The van der Waals surface area contributed by atoms with Crippen molar-refractivity contribution in [1.82, 2.24) is 4.98 Å². The molecule has 7 heteroatoms. The monoisotopic (exact) mass is 383 g/mol. The van der Waals surface area contributed by atoms with Gasteiger partial charge in [-0.3, -0.25) is 4.72 Å². The predicted octanol–water partition coefficient (Wildman–Crippen LogP) is 3.49. The first kappa shape index (κ1) is 16.8. The molecule has 5 nitrogen and oxygen atoms in total. The van der Waals surface area contributed by atoms with Gasteiger partial charge in [-0.25, -0.2) is 13.4 Å². The van der Waals surface area contributed by atoms with Crippen LogP contribution in [0.2, 0.25) is 0 Å². The van der Waals surface area contributed by atoms with Gasteiger partial charge in [-0.2, -0.15) is 0 Å². The van der Waals surface area contributed by atoms with E-state index in [1.807, 2.05) is 6.07 Å². The molecule has 0 aliphatic carbocycles. The summed E-state index contributed by atoms with van der Waals surface area (Å²) < 4.78 is 27.9. The fourth-order valence-corrected chi connectivity index (χ4v) is 3.32. The number of rotatable bonds is 6. The summed E-state index contributed by atoms with van der Waals surface area (Å²) in [5, 5.41) is 0. The summed E-state index contributed by atoms with van der Waals surface area (Å²) in [5.74, 6) is 0.830. The number of nitrogens with zero attached hydrogens (tertiary/aromatic N) is 2. The van der Waals surface area contributed by atoms with E-state index >= 15 is 0 Å². The van der Waals surface area contributed by atoms with Gasteiger partial charge in [-0.05, 0) is 50.2 Å². The number of hydrogen-bond donors (Lipinski definition) is 1. The number of halogens is 1. The lowest BCUT2D eigenvalue weighted by Gasteiger charge is -2.19. The minimum atomic E-state index is -3.60. The van der Waals surface area contributed by atoms with E-state index in [-0.39, 0.29) is 4.90 Å². The zero-order valence-electron chi connectivity index (χ0n) is 12.5. The summed E-state index contributed by atoms with van der Waals surface area (Å²) in [6, 6.07) is 10.0. The van der Waals surface area contributed by atoms with Crippen molar-refractivity contribution in [3.05, 3.63) is 47.1 Å². The Kier molecular flexibility index (Phi) is 5.42. The van der Waals surface area contributed by atoms with Crippen molar-refractivity contribution in [3.63, 3.8) is 0 Å². The molecule has 2 aromatic rings. The largest absolute Gasteiger partial charge is 0.357 e. The third-order valence-electron chi connectivity index (χ3n) is 3.21. The van der Waals surface area contributed by atoms with E-state index in [2.05, 4.69) is 44.4 Å². The van der Waals surface area contributed by atoms with Gasteiger partial charge in [0.25, 0.3) is 10.0 Å². The summed E-state index contributed by atoms with van der Waals surface area (Å²) in [5.41, 5.74) is 0.443. The predicted molar refractivity (Wildman–Crippen MR) is 92.7 cm³/mol. The van der Waals surface area contributed by atoms with E-state index in [0.717, 1.165) is 23.4 Å². The van der Waals surface area contributed by atoms with Crippen LogP contribution >= 0.6 is 15.9 Å². The number of nitrogens with one attached hydrogen (secondary N) is 1. The average molecular weight is 384 g/mol. The first-order valence-corrected chi connectivity index (χ1v) is 9.23. The maximum absolute atomic E-state index is 12.3. The molecule has 22 heavy (non-hydrogen) atoms. The fraction of sp³-hybridized carbons (Fsp3) is 0.267. The van der Waals surface area contributed by atoms with Crippen LogP contribution in [-0.4, -0.2) is 26.5 Å². The highest BCUT2D eigenvalue weighted by atomic mass is 79.9. The SMILES string of the molecule is CCN(CC)c1ccc(NS(=O)(=O)c2ccc(Br)cc2)cn1. The molecule has 1 heterocycles. The Morgan fingerprint density at radius 3 is 2.23 bits per heavy atom. The molecule has 0 aliphatic heterocycles. The van der Waals surface area contributed by atoms with E-state index in [4.69, 9.17) is 0 Å². The number of sulfonamides is 1. The summed E-state index contributed by atoms with van der Waals surface area (Å²) >= 11 is 3.28. The number of pyridine rings is 1. The number of benzene rings is 1. The van der Waals surface area contributed by atoms with Crippen LogP contribution in [0.4, 0.5) is 11.5 Å². The Labute approximate surface area is 139 Å². The van der Waals surface area contributed by atoms with E-state index in [1.54, 1.807) is 30.3 Å². The lowest BCUT2D eigenvalue weighted by molar-refractivity contribution is 0.601. The van der Waals surface area contributed by atoms with Crippen LogP contribution in [-0.2, 0) is 10.0 Å². The molecular weight excluding hydrogens is 366 g/mol. The van der Waals surface area contributed by atoms with Gasteiger partial charge in [-0.15, -0.1) is 0 Å². The molecule has 0 amide bonds. The first-order chi connectivity index (χ1) is 10.5. The Hall–Kier alpha value is -1.60. The number of hydrogen-bond acceptors (Lipinski definition) is 4. The minimum Gasteiger partial charge on any atom is -0.357 e. The zero-order valence-corrected chi connectivity index (χ0v) is 14.9. The minimum absolute atomic E-state index is 0.212. The van der Waals surface area contributed by atoms with Crippen molar-refractivity contribution in [1.29, 1.82) is 0 Å². The van der Waals surface area contributed by atoms with Crippen LogP contribution in [0.1, 0.15) is 13.8 Å². The van der Waals surface area contributed by atoms with E-state index in [0.29, 0.717) is 5.69 Å². The van der Waals surface area contributed by atoms with Crippen LogP contribution in [0, 0.1) is 0 Å². The molecule has 0 radical (unpaired) electrons. The number of anilines is 2. The van der Waals surface area contributed by atoms with Crippen LogP contribution in [0.15, 0.2) is 52.0 Å². The topological polar surface area (TPSA) is 62.3 Å². The van der Waals surface area contributed by atoms with Crippen molar-refractivity contribution < 1.29 is 8.42 Å². The third-order valence-corrected chi connectivity index (χ3v) is 5.14. The van der Waals surface area contributed by atoms with E-state index in [1.165, 1.54) is 6.20 Å². The smallest absolute Gasteiger partial charge is 0.261 e. The van der Waals surface area contributed by atoms with Gasteiger partial charge in [0.2, 0.25) is 0 Å². The van der Waals surface area contributed by atoms with Crippen LogP contribution in [0.25, 0.3) is 0 Å². The van der Waals surface area contributed by atoms with Gasteiger partial charge in [-0.1, -0.05) is 15.9 Å². The van der Waals surface area contributed by atoms with Gasteiger partial charge in [0.1, 0.15) is 5.82 Å².